The lowest BCUT2D eigenvalue weighted by atomic mass is 10.2. The van der Waals surface area contributed by atoms with Crippen molar-refractivity contribution in [3.8, 4) is 5.75 Å². The Balaban J connectivity index is 2.39. The van der Waals surface area contributed by atoms with Gasteiger partial charge in [0.05, 0.1) is 26.2 Å². The number of nitrogens with two attached hydrogens (primary N) is 1. The first-order chi connectivity index (χ1) is 7.63. The summed E-state index contributed by atoms with van der Waals surface area (Å²) >= 11 is 0. The van der Waals surface area contributed by atoms with Gasteiger partial charge in [-0.3, -0.25) is 5.41 Å². The van der Waals surface area contributed by atoms with Crippen LogP contribution in [0.2, 0.25) is 0 Å². The van der Waals surface area contributed by atoms with Gasteiger partial charge in [0.1, 0.15) is 5.75 Å². The number of nitrogens with one attached hydrogen (secondary N) is 1. The van der Waals surface area contributed by atoms with Crippen LogP contribution in [0.1, 0.15) is 12.5 Å². The van der Waals surface area contributed by atoms with Crippen molar-refractivity contribution in [3.63, 3.8) is 0 Å². The Hall–Kier alpha value is -1.55. The summed E-state index contributed by atoms with van der Waals surface area (Å²) in [5, 5.41) is 7.23. The van der Waals surface area contributed by atoms with Gasteiger partial charge in [-0.1, -0.05) is 19.1 Å². The van der Waals surface area contributed by atoms with Crippen molar-refractivity contribution < 1.29 is 9.47 Å². The van der Waals surface area contributed by atoms with Crippen molar-refractivity contribution in [2.45, 2.75) is 13.5 Å². The van der Waals surface area contributed by atoms with Gasteiger partial charge in [-0.2, -0.15) is 0 Å². The molecule has 0 bridgehead atoms. The largest absolute Gasteiger partial charge is 0.497 e. The van der Waals surface area contributed by atoms with Gasteiger partial charge >= 0.3 is 0 Å². The Morgan fingerprint density at radius 2 is 2.25 bits per heavy atom. The van der Waals surface area contributed by atoms with Crippen LogP contribution >= 0.6 is 0 Å². The molecule has 16 heavy (non-hydrogen) atoms. The topological polar surface area (TPSA) is 68.3 Å². The van der Waals surface area contributed by atoms with Crippen molar-refractivity contribution >= 4 is 5.84 Å². The highest BCUT2D eigenvalue weighted by molar-refractivity contribution is 5.79. The fraction of sp³-hybridized carbons (Fsp3) is 0.417. The summed E-state index contributed by atoms with van der Waals surface area (Å²) in [4.78, 5) is 0. The first-order valence-corrected chi connectivity index (χ1v) is 5.18. The lowest BCUT2D eigenvalue weighted by molar-refractivity contribution is 0.107. The van der Waals surface area contributed by atoms with Crippen LogP contribution in [-0.2, 0) is 11.3 Å². The summed E-state index contributed by atoms with van der Waals surface area (Å²) in [7, 11) is 1.64. The SMILES string of the molecule is COc1cccc(COCC(C)C(=N)N)c1. The number of rotatable bonds is 6. The monoisotopic (exact) mass is 222 g/mol. The lowest BCUT2D eigenvalue weighted by Crippen LogP contribution is -2.23. The molecule has 1 aromatic carbocycles. The number of ether oxygens (including phenoxy) is 2. The highest BCUT2D eigenvalue weighted by Crippen LogP contribution is 2.13. The van der Waals surface area contributed by atoms with Gasteiger partial charge in [0, 0.05) is 5.92 Å². The summed E-state index contributed by atoms with van der Waals surface area (Å²) < 4.78 is 10.6. The molecule has 0 aromatic heterocycles. The third-order valence-corrected chi connectivity index (χ3v) is 2.30. The minimum absolute atomic E-state index is 0.0365. The third kappa shape index (κ3) is 3.90. The molecule has 0 saturated carbocycles. The van der Waals surface area contributed by atoms with Crippen LogP contribution in [0.25, 0.3) is 0 Å². The Labute approximate surface area is 95.9 Å². The number of hydrogen-bond acceptors (Lipinski definition) is 3. The minimum atomic E-state index is -0.0365. The Morgan fingerprint density at radius 1 is 1.50 bits per heavy atom. The van der Waals surface area contributed by atoms with Gasteiger partial charge in [-0.15, -0.1) is 0 Å². The molecule has 0 saturated heterocycles. The number of amidine groups is 1. The van der Waals surface area contributed by atoms with Gasteiger partial charge in [0.2, 0.25) is 0 Å². The standard InChI is InChI=1S/C12H18N2O2/c1-9(12(13)14)7-16-8-10-4-3-5-11(6-10)15-2/h3-6,9H,7-8H2,1-2H3,(H3,13,14). The molecule has 0 aliphatic carbocycles. The van der Waals surface area contributed by atoms with E-state index in [9.17, 15) is 0 Å². The number of methoxy groups -OCH3 is 1. The van der Waals surface area contributed by atoms with Crippen LogP contribution in [0, 0.1) is 11.3 Å². The van der Waals surface area contributed by atoms with Crippen molar-refractivity contribution in [2.24, 2.45) is 11.7 Å². The molecule has 0 aliphatic heterocycles. The molecule has 0 radical (unpaired) electrons. The molecule has 0 aliphatic rings. The summed E-state index contributed by atoms with van der Waals surface area (Å²) in [6, 6.07) is 7.72. The van der Waals surface area contributed by atoms with Gasteiger partial charge in [-0.05, 0) is 17.7 Å². The fourth-order valence-corrected chi connectivity index (χ4v) is 1.21. The van der Waals surface area contributed by atoms with Gasteiger partial charge in [0.25, 0.3) is 0 Å². The van der Waals surface area contributed by atoms with E-state index in [-0.39, 0.29) is 11.8 Å². The molecule has 1 unspecified atom stereocenters. The van der Waals surface area contributed by atoms with Crippen molar-refractivity contribution in [2.75, 3.05) is 13.7 Å². The second-order valence-electron chi connectivity index (χ2n) is 3.72. The predicted molar refractivity (Wildman–Crippen MR) is 63.7 cm³/mol. The fourth-order valence-electron chi connectivity index (χ4n) is 1.21. The first-order valence-electron chi connectivity index (χ1n) is 5.18. The molecule has 1 rings (SSSR count). The van der Waals surface area contributed by atoms with Crippen LogP contribution in [0.4, 0.5) is 0 Å². The molecule has 3 N–H and O–H groups in total. The normalized spacial score (nSPS) is 12.1. The Morgan fingerprint density at radius 3 is 2.88 bits per heavy atom. The van der Waals surface area contributed by atoms with Crippen molar-refractivity contribution in [3.05, 3.63) is 29.8 Å². The average molecular weight is 222 g/mol. The van der Waals surface area contributed by atoms with E-state index in [1.807, 2.05) is 31.2 Å². The maximum absolute atomic E-state index is 7.23. The molecule has 0 spiro atoms. The highest BCUT2D eigenvalue weighted by atomic mass is 16.5. The zero-order valence-electron chi connectivity index (χ0n) is 9.69. The molecule has 4 heteroatoms. The van der Waals surface area contributed by atoms with E-state index in [1.54, 1.807) is 7.11 Å². The highest BCUT2D eigenvalue weighted by Gasteiger charge is 2.05. The summed E-state index contributed by atoms with van der Waals surface area (Å²) in [5.41, 5.74) is 6.40. The van der Waals surface area contributed by atoms with Crippen molar-refractivity contribution in [1.82, 2.24) is 0 Å². The second-order valence-corrected chi connectivity index (χ2v) is 3.72. The molecule has 1 aromatic rings. The van der Waals surface area contributed by atoms with E-state index in [2.05, 4.69) is 0 Å². The average Bonchev–Trinajstić information content (AvgIpc) is 2.29. The third-order valence-electron chi connectivity index (χ3n) is 2.30. The molecule has 0 heterocycles. The van der Waals surface area contributed by atoms with Gasteiger partial charge in [-0.25, -0.2) is 0 Å². The van der Waals surface area contributed by atoms with E-state index in [4.69, 9.17) is 20.6 Å². The number of benzene rings is 1. The predicted octanol–water partition coefficient (Wildman–Crippen LogP) is 1.78. The molecule has 0 amide bonds. The van der Waals surface area contributed by atoms with Crippen LogP contribution in [0.15, 0.2) is 24.3 Å². The van der Waals surface area contributed by atoms with Crippen LogP contribution in [0.3, 0.4) is 0 Å². The quantitative estimate of drug-likeness (QED) is 0.569. The van der Waals surface area contributed by atoms with Crippen LogP contribution in [-0.4, -0.2) is 19.6 Å². The zero-order chi connectivity index (χ0) is 12.0. The van der Waals surface area contributed by atoms with Crippen molar-refractivity contribution in [1.29, 1.82) is 5.41 Å². The lowest BCUT2D eigenvalue weighted by Gasteiger charge is -2.10. The van der Waals surface area contributed by atoms with Crippen LogP contribution < -0.4 is 10.5 Å². The van der Waals surface area contributed by atoms with Crippen LogP contribution in [0.5, 0.6) is 5.75 Å². The zero-order valence-corrected chi connectivity index (χ0v) is 9.69. The molecule has 88 valence electrons. The van der Waals surface area contributed by atoms with E-state index in [0.29, 0.717) is 13.2 Å². The summed E-state index contributed by atoms with van der Waals surface area (Å²) in [5.74, 6) is 0.942. The summed E-state index contributed by atoms with van der Waals surface area (Å²) in [6.07, 6.45) is 0. The smallest absolute Gasteiger partial charge is 0.119 e. The summed E-state index contributed by atoms with van der Waals surface area (Å²) in [6.45, 7) is 2.84. The van der Waals surface area contributed by atoms with E-state index in [0.717, 1.165) is 11.3 Å². The molecular weight excluding hydrogens is 204 g/mol. The molecular formula is C12H18N2O2. The number of hydrogen-bond donors (Lipinski definition) is 2. The maximum Gasteiger partial charge on any atom is 0.119 e. The van der Waals surface area contributed by atoms with Gasteiger partial charge < -0.3 is 15.2 Å². The van der Waals surface area contributed by atoms with E-state index >= 15 is 0 Å². The second kappa shape index (κ2) is 6.12. The minimum Gasteiger partial charge on any atom is -0.497 e. The van der Waals surface area contributed by atoms with E-state index in [1.165, 1.54) is 0 Å². The Bertz CT molecular complexity index is 353. The Kier molecular flexibility index (Phi) is 4.79. The molecule has 4 nitrogen and oxygen atoms in total. The molecule has 1 atom stereocenters. The van der Waals surface area contributed by atoms with Gasteiger partial charge in [0.15, 0.2) is 0 Å². The van der Waals surface area contributed by atoms with E-state index < -0.39 is 0 Å². The maximum atomic E-state index is 7.23. The molecule has 0 fully saturated rings. The first kappa shape index (κ1) is 12.5.